The first-order valence-corrected chi connectivity index (χ1v) is 6.88. The molecule has 2 aliphatic heterocycles. The predicted octanol–water partition coefficient (Wildman–Crippen LogP) is 1.40. The van der Waals surface area contributed by atoms with Crippen LogP contribution in [0.25, 0.3) is 0 Å². The van der Waals surface area contributed by atoms with Gasteiger partial charge in [0.2, 0.25) is 0 Å². The van der Waals surface area contributed by atoms with Gasteiger partial charge in [-0.2, -0.15) is 0 Å². The SMILES string of the molecule is C=C(C)C(=O)OCC1CCO1.C=CC(=O)OCC1CCO1. The van der Waals surface area contributed by atoms with Crippen LogP contribution >= 0.6 is 0 Å². The molecule has 0 aromatic rings. The van der Waals surface area contributed by atoms with Gasteiger partial charge in [0.05, 0.1) is 12.2 Å². The summed E-state index contributed by atoms with van der Waals surface area (Å²) in [4.78, 5) is 21.3. The number of carbonyl (C=O) groups is 2. The van der Waals surface area contributed by atoms with E-state index in [1.165, 1.54) is 0 Å². The van der Waals surface area contributed by atoms with Crippen LogP contribution in [0.2, 0.25) is 0 Å². The molecular formula is C15H22O6. The van der Waals surface area contributed by atoms with Crippen molar-refractivity contribution in [2.45, 2.75) is 32.0 Å². The van der Waals surface area contributed by atoms with Crippen molar-refractivity contribution in [2.24, 2.45) is 0 Å². The van der Waals surface area contributed by atoms with Crippen molar-refractivity contribution >= 4 is 11.9 Å². The number of rotatable bonds is 6. The fraction of sp³-hybridized carbons (Fsp3) is 0.600. The molecule has 118 valence electrons. The van der Waals surface area contributed by atoms with E-state index in [1.807, 2.05) is 0 Å². The molecule has 21 heavy (non-hydrogen) atoms. The van der Waals surface area contributed by atoms with Gasteiger partial charge in [-0.3, -0.25) is 0 Å². The third-order valence-corrected chi connectivity index (χ3v) is 2.91. The Morgan fingerprint density at radius 2 is 1.62 bits per heavy atom. The van der Waals surface area contributed by atoms with Crippen molar-refractivity contribution in [1.82, 2.24) is 0 Å². The minimum Gasteiger partial charge on any atom is -0.460 e. The normalized spacial score (nSPS) is 22.5. The minimum atomic E-state index is -0.379. The number of esters is 2. The lowest BCUT2D eigenvalue weighted by Crippen LogP contribution is -2.32. The van der Waals surface area contributed by atoms with Gasteiger partial charge in [-0.05, 0) is 6.92 Å². The molecule has 6 nitrogen and oxygen atoms in total. The highest BCUT2D eigenvalue weighted by Crippen LogP contribution is 2.11. The van der Waals surface area contributed by atoms with Gasteiger partial charge >= 0.3 is 11.9 Å². The Hall–Kier alpha value is -1.66. The average molecular weight is 298 g/mol. The molecule has 6 heteroatoms. The molecule has 2 unspecified atom stereocenters. The summed E-state index contributed by atoms with van der Waals surface area (Å²) >= 11 is 0. The van der Waals surface area contributed by atoms with Gasteiger partial charge in [-0.25, -0.2) is 9.59 Å². The molecule has 0 radical (unpaired) electrons. The molecule has 2 atom stereocenters. The van der Waals surface area contributed by atoms with Crippen LogP contribution < -0.4 is 0 Å². The molecular weight excluding hydrogens is 276 g/mol. The Morgan fingerprint density at radius 3 is 1.95 bits per heavy atom. The molecule has 0 aromatic carbocycles. The molecule has 2 heterocycles. The Kier molecular flexibility index (Phi) is 7.71. The Labute approximate surface area is 124 Å². The quantitative estimate of drug-likeness (QED) is 0.545. The zero-order valence-corrected chi connectivity index (χ0v) is 12.3. The summed E-state index contributed by atoms with van der Waals surface area (Å²) in [5.74, 6) is -0.712. The summed E-state index contributed by atoms with van der Waals surface area (Å²) < 4.78 is 19.6. The van der Waals surface area contributed by atoms with Crippen molar-refractivity contribution in [3.63, 3.8) is 0 Å². The van der Waals surface area contributed by atoms with Crippen molar-refractivity contribution in [2.75, 3.05) is 26.4 Å². The summed E-state index contributed by atoms with van der Waals surface area (Å²) in [7, 11) is 0. The smallest absolute Gasteiger partial charge is 0.333 e. The third kappa shape index (κ3) is 7.06. The predicted molar refractivity (Wildman–Crippen MR) is 75.6 cm³/mol. The second kappa shape index (κ2) is 9.31. The third-order valence-electron chi connectivity index (χ3n) is 2.91. The van der Waals surface area contributed by atoms with Crippen LogP contribution in [-0.2, 0) is 28.5 Å². The molecule has 0 N–H and O–H groups in total. The monoisotopic (exact) mass is 298 g/mol. The first kappa shape index (κ1) is 17.4. The maximum atomic E-state index is 10.8. The lowest BCUT2D eigenvalue weighted by Gasteiger charge is -2.25. The van der Waals surface area contributed by atoms with Crippen molar-refractivity contribution < 1.29 is 28.5 Å². The Bertz CT molecular complexity index is 382. The van der Waals surface area contributed by atoms with Gasteiger partial charge < -0.3 is 18.9 Å². The zero-order chi connectivity index (χ0) is 15.7. The average Bonchev–Trinajstić information content (AvgIpc) is 2.35. The van der Waals surface area contributed by atoms with E-state index in [2.05, 4.69) is 13.2 Å². The molecule has 2 aliphatic rings. The van der Waals surface area contributed by atoms with Crippen LogP contribution in [0.1, 0.15) is 19.8 Å². The van der Waals surface area contributed by atoms with E-state index >= 15 is 0 Å². The van der Waals surface area contributed by atoms with E-state index < -0.39 is 0 Å². The summed E-state index contributed by atoms with van der Waals surface area (Å²) in [5.41, 5.74) is 0.435. The Balaban J connectivity index is 0.000000211. The van der Waals surface area contributed by atoms with Crippen LogP contribution in [0.4, 0.5) is 0 Å². The van der Waals surface area contributed by atoms with Crippen molar-refractivity contribution in [3.8, 4) is 0 Å². The number of hydrogen-bond acceptors (Lipinski definition) is 6. The zero-order valence-electron chi connectivity index (χ0n) is 12.3. The van der Waals surface area contributed by atoms with Gasteiger partial charge in [-0.15, -0.1) is 0 Å². The minimum absolute atomic E-state index is 0.123. The van der Waals surface area contributed by atoms with Crippen LogP contribution in [0.3, 0.4) is 0 Å². The van der Waals surface area contributed by atoms with Crippen LogP contribution in [0.15, 0.2) is 24.8 Å². The highest BCUT2D eigenvalue weighted by molar-refractivity contribution is 5.86. The van der Waals surface area contributed by atoms with Gasteiger partial charge in [0, 0.05) is 37.7 Å². The van der Waals surface area contributed by atoms with E-state index in [1.54, 1.807) is 6.92 Å². The molecule has 2 fully saturated rings. The first-order valence-electron chi connectivity index (χ1n) is 6.88. The standard InChI is InChI=1S/C8H12O3.C7H10O3/c1-6(2)8(9)11-5-7-3-4-10-7;1-2-7(8)10-5-6-3-4-9-6/h7H,1,3-5H2,2H3;2,6H,1,3-5H2. The molecule has 0 bridgehead atoms. The molecule has 2 saturated heterocycles. The van der Waals surface area contributed by atoms with Gasteiger partial charge in [-0.1, -0.05) is 13.2 Å². The summed E-state index contributed by atoms with van der Waals surface area (Å²) in [5, 5.41) is 0. The second-order valence-corrected chi connectivity index (χ2v) is 4.78. The highest BCUT2D eigenvalue weighted by atomic mass is 16.6. The highest BCUT2D eigenvalue weighted by Gasteiger charge is 2.20. The van der Waals surface area contributed by atoms with Gasteiger partial charge in [0.1, 0.15) is 13.2 Å². The van der Waals surface area contributed by atoms with E-state index in [4.69, 9.17) is 18.9 Å². The first-order chi connectivity index (χ1) is 10.0. The van der Waals surface area contributed by atoms with Crippen LogP contribution in [0, 0.1) is 0 Å². The molecule has 0 saturated carbocycles. The van der Waals surface area contributed by atoms with Gasteiger partial charge in [0.25, 0.3) is 0 Å². The fourth-order valence-electron chi connectivity index (χ4n) is 1.36. The maximum Gasteiger partial charge on any atom is 0.333 e. The molecule has 2 rings (SSSR count). The Morgan fingerprint density at radius 1 is 1.14 bits per heavy atom. The topological polar surface area (TPSA) is 71.1 Å². The van der Waals surface area contributed by atoms with Gasteiger partial charge in [0.15, 0.2) is 0 Å². The van der Waals surface area contributed by atoms with E-state index in [-0.39, 0.29) is 24.1 Å². The lowest BCUT2D eigenvalue weighted by atomic mass is 10.2. The number of hydrogen-bond donors (Lipinski definition) is 0. The molecule has 0 aliphatic carbocycles. The van der Waals surface area contributed by atoms with E-state index in [0.29, 0.717) is 18.8 Å². The lowest BCUT2D eigenvalue weighted by molar-refractivity contribution is -0.150. The van der Waals surface area contributed by atoms with E-state index in [0.717, 1.165) is 32.1 Å². The van der Waals surface area contributed by atoms with Crippen molar-refractivity contribution in [1.29, 1.82) is 0 Å². The molecule has 0 amide bonds. The maximum absolute atomic E-state index is 10.8. The molecule has 0 spiro atoms. The molecule has 0 aromatic heterocycles. The number of carbonyl (C=O) groups excluding carboxylic acids is 2. The van der Waals surface area contributed by atoms with E-state index in [9.17, 15) is 9.59 Å². The summed E-state index contributed by atoms with van der Waals surface area (Å²) in [6.45, 7) is 10.7. The largest absolute Gasteiger partial charge is 0.460 e. The second-order valence-electron chi connectivity index (χ2n) is 4.78. The summed E-state index contributed by atoms with van der Waals surface area (Å²) in [6.07, 6.45) is 3.38. The summed E-state index contributed by atoms with van der Waals surface area (Å²) in [6, 6.07) is 0. The van der Waals surface area contributed by atoms with Crippen LogP contribution in [-0.4, -0.2) is 50.6 Å². The number of ether oxygens (including phenoxy) is 4. The fourth-order valence-corrected chi connectivity index (χ4v) is 1.36. The van der Waals surface area contributed by atoms with Crippen molar-refractivity contribution in [3.05, 3.63) is 24.8 Å². The van der Waals surface area contributed by atoms with Crippen LogP contribution in [0.5, 0.6) is 0 Å².